The molecule has 0 unspecified atom stereocenters. The van der Waals surface area contributed by atoms with Crippen LogP contribution < -0.4 is 10.8 Å². The number of aryl methyl sites for hydroxylation is 1. The summed E-state index contributed by atoms with van der Waals surface area (Å²) >= 11 is 5.54. The van der Waals surface area contributed by atoms with E-state index < -0.39 is 0 Å². The van der Waals surface area contributed by atoms with E-state index in [0.29, 0.717) is 5.11 Å². The van der Waals surface area contributed by atoms with Crippen LogP contribution in [0, 0.1) is 0 Å². The number of fused-ring (bicyclic) bond motifs is 2. The maximum absolute atomic E-state index is 5.54. The Hall–Kier alpha value is -2.53. The number of rotatable bonds is 3. The molecule has 0 aliphatic carbocycles. The number of nitrogens with zero attached hydrogens (tertiary/aromatic N) is 3. The first kappa shape index (κ1) is 17.9. The van der Waals surface area contributed by atoms with E-state index in [2.05, 4.69) is 46.3 Å². The Morgan fingerprint density at radius 2 is 1.85 bits per heavy atom. The van der Waals surface area contributed by atoms with Crippen molar-refractivity contribution in [2.24, 2.45) is 4.99 Å². The summed E-state index contributed by atoms with van der Waals surface area (Å²) in [6.07, 6.45) is 5.51. The molecule has 0 saturated heterocycles. The van der Waals surface area contributed by atoms with Gasteiger partial charge in [0.1, 0.15) is 11.3 Å². The zero-order valence-corrected chi connectivity index (χ0v) is 16.2. The first-order valence-electron chi connectivity index (χ1n) is 9.66. The van der Waals surface area contributed by atoms with Crippen molar-refractivity contribution >= 4 is 28.2 Å². The largest absolute Gasteiger partial charge is 0.360 e. The summed E-state index contributed by atoms with van der Waals surface area (Å²) in [5, 5.41) is 4.91. The van der Waals surface area contributed by atoms with E-state index in [-0.39, 0.29) is 0 Å². The van der Waals surface area contributed by atoms with Crippen molar-refractivity contribution in [1.82, 2.24) is 14.9 Å². The normalized spacial score (nSPS) is 14.6. The van der Waals surface area contributed by atoms with Gasteiger partial charge in [-0.1, -0.05) is 48.9 Å². The topological polar surface area (TPSA) is 42.2 Å². The smallest absolute Gasteiger partial charge is 0.194 e. The molecular formula is C22H24N4S. The number of hydrogen-bond donors (Lipinski definition) is 1. The minimum absolute atomic E-state index is 0.543. The molecule has 0 amide bonds. The molecule has 0 fully saturated rings. The molecule has 0 bridgehead atoms. The van der Waals surface area contributed by atoms with Gasteiger partial charge in [0.15, 0.2) is 5.11 Å². The second-order valence-corrected chi connectivity index (χ2v) is 7.30. The van der Waals surface area contributed by atoms with Crippen LogP contribution in [0.15, 0.2) is 59.6 Å². The lowest BCUT2D eigenvalue weighted by atomic mass is 10.1. The number of benzene rings is 2. The van der Waals surface area contributed by atoms with Gasteiger partial charge in [-0.3, -0.25) is 0 Å². The predicted molar refractivity (Wildman–Crippen MR) is 114 cm³/mol. The van der Waals surface area contributed by atoms with Gasteiger partial charge in [-0.05, 0) is 49.2 Å². The van der Waals surface area contributed by atoms with Crippen LogP contribution in [0.2, 0.25) is 0 Å². The average molecular weight is 377 g/mol. The second-order valence-electron chi connectivity index (χ2n) is 6.91. The highest BCUT2D eigenvalue weighted by Crippen LogP contribution is 2.14. The first-order valence-corrected chi connectivity index (χ1v) is 10.1. The highest BCUT2D eigenvalue weighted by molar-refractivity contribution is 7.80. The third kappa shape index (κ3) is 4.25. The Kier molecular flexibility index (Phi) is 5.58. The van der Waals surface area contributed by atoms with Gasteiger partial charge in [-0.25, -0.2) is 9.98 Å². The van der Waals surface area contributed by atoms with Crippen LogP contribution in [-0.4, -0.2) is 21.2 Å². The fourth-order valence-electron chi connectivity index (χ4n) is 3.60. The standard InChI is InChI=1S/C22H24N4S/c27-22(23-15-14-17-9-3-1-4-10-17)25-21-18-11-6-7-12-19(18)24-20-13-5-2-8-16-26(20)21/h1,3-4,6-7,9-12H,2,5,8,13-16H2,(H,23,27). The molecule has 2 aromatic carbocycles. The zero-order chi connectivity index (χ0) is 18.5. The maximum atomic E-state index is 5.54. The lowest BCUT2D eigenvalue weighted by Gasteiger charge is -2.13. The minimum atomic E-state index is 0.543. The van der Waals surface area contributed by atoms with E-state index >= 15 is 0 Å². The molecule has 1 aromatic heterocycles. The number of thiocarbonyl (C=S) groups is 1. The van der Waals surface area contributed by atoms with Gasteiger partial charge in [-0.2, -0.15) is 0 Å². The number of para-hydroxylation sites is 1. The fraction of sp³-hybridized carbons (Fsp3) is 0.318. The third-order valence-corrected chi connectivity index (χ3v) is 5.22. The molecule has 0 radical (unpaired) electrons. The minimum Gasteiger partial charge on any atom is -0.360 e. The number of nitrogens with one attached hydrogen (secondary N) is 1. The van der Waals surface area contributed by atoms with Gasteiger partial charge >= 0.3 is 0 Å². The highest BCUT2D eigenvalue weighted by Gasteiger charge is 2.12. The fourth-order valence-corrected chi connectivity index (χ4v) is 3.79. The second kappa shape index (κ2) is 8.44. The number of aromatic nitrogens is 2. The molecule has 3 aromatic rings. The summed E-state index contributed by atoms with van der Waals surface area (Å²) in [6.45, 7) is 1.74. The van der Waals surface area contributed by atoms with Crippen LogP contribution in [0.4, 0.5) is 0 Å². The van der Waals surface area contributed by atoms with Crippen LogP contribution in [0.5, 0.6) is 0 Å². The average Bonchev–Trinajstić information content (AvgIpc) is 2.94. The molecule has 5 heteroatoms. The van der Waals surface area contributed by atoms with Crippen molar-refractivity contribution in [3.63, 3.8) is 0 Å². The van der Waals surface area contributed by atoms with Crippen LogP contribution in [0.1, 0.15) is 30.7 Å². The van der Waals surface area contributed by atoms with Gasteiger partial charge in [0.2, 0.25) is 0 Å². The Balaban J connectivity index is 1.63. The van der Waals surface area contributed by atoms with Crippen LogP contribution in [-0.2, 0) is 19.4 Å². The van der Waals surface area contributed by atoms with E-state index in [1.165, 1.54) is 18.4 Å². The van der Waals surface area contributed by atoms with Gasteiger partial charge in [-0.15, -0.1) is 0 Å². The van der Waals surface area contributed by atoms with Crippen molar-refractivity contribution in [1.29, 1.82) is 0 Å². The van der Waals surface area contributed by atoms with Gasteiger partial charge < -0.3 is 9.88 Å². The molecule has 1 N–H and O–H groups in total. The molecule has 27 heavy (non-hydrogen) atoms. The van der Waals surface area contributed by atoms with Crippen LogP contribution >= 0.6 is 12.2 Å². The monoisotopic (exact) mass is 376 g/mol. The summed E-state index contributed by atoms with van der Waals surface area (Å²) in [5.74, 6) is 1.12. The molecular weight excluding hydrogens is 352 g/mol. The van der Waals surface area contributed by atoms with E-state index in [1.807, 2.05) is 18.2 Å². The molecule has 1 aliphatic heterocycles. The van der Waals surface area contributed by atoms with Crippen molar-refractivity contribution in [3.8, 4) is 0 Å². The summed E-state index contributed by atoms with van der Waals surface area (Å²) in [6, 6.07) is 18.6. The lowest BCUT2D eigenvalue weighted by molar-refractivity contribution is 0.608. The predicted octanol–water partition coefficient (Wildman–Crippen LogP) is 3.78. The molecule has 0 spiro atoms. The molecule has 4 rings (SSSR count). The van der Waals surface area contributed by atoms with Crippen molar-refractivity contribution in [3.05, 3.63) is 71.5 Å². The van der Waals surface area contributed by atoms with E-state index in [9.17, 15) is 0 Å². The molecule has 2 heterocycles. The molecule has 0 atom stereocenters. The summed E-state index contributed by atoms with van der Waals surface area (Å²) in [5.41, 5.74) is 3.23. The Bertz CT molecular complexity index is 1010. The van der Waals surface area contributed by atoms with E-state index in [4.69, 9.17) is 22.2 Å². The number of hydrogen-bond acceptors (Lipinski definition) is 2. The van der Waals surface area contributed by atoms with E-state index in [1.54, 1.807) is 0 Å². The highest BCUT2D eigenvalue weighted by atomic mass is 32.1. The lowest BCUT2D eigenvalue weighted by Crippen LogP contribution is -2.30. The SMILES string of the molecule is S=C(N=c1c2ccccc2nc2n1CCCCC2)NCCc1ccccc1. The molecule has 0 saturated carbocycles. The van der Waals surface area contributed by atoms with E-state index in [0.717, 1.165) is 54.6 Å². The maximum Gasteiger partial charge on any atom is 0.194 e. The van der Waals surface area contributed by atoms with Crippen molar-refractivity contribution in [2.75, 3.05) is 6.54 Å². The summed E-state index contributed by atoms with van der Waals surface area (Å²) < 4.78 is 2.26. The zero-order valence-electron chi connectivity index (χ0n) is 15.4. The van der Waals surface area contributed by atoms with Crippen LogP contribution in [0.25, 0.3) is 10.9 Å². The quantitative estimate of drug-likeness (QED) is 0.708. The van der Waals surface area contributed by atoms with Gasteiger partial charge in [0, 0.05) is 24.9 Å². The summed E-state index contributed by atoms with van der Waals surface area (Å²) in [7, 11) is 0. The Labute approximate surface area is 165 Å². The first-order chi connectivity index (χ1) is 13.3. The Morgan fingerprint density at radius 3 is 2.74 bits per heavy atom. The van der Waals surface area contributed by atoms with Crippen molar-refractivity contribution in [2.45, 2.75) is 38.6 Å². The molecule has 4 nitrogen and oxygen atoms in total. The molecule has 138 valence electrons. The van der Waals surface area contributed by atoms with Crippen LogP contribution in [0.3, 0.4) is 0 Å². The van der Waals surface area contributed by atoms with Crippen molar-refractivity contribution < 1.29 is 0 Å². The summed E-state index contributed by atoms with van der Waals surface area (Å²) in [4.78, 5) is 9.70. The third-order valence-electron chi connectivity index (χ3n) is 4.98. The van der Waals surface area contributed by atoms with Gasteiger partial charge in [0.05, 0.1) is 5.52 Å². The van der Waals surface area contributed by atoms with Gasteiger partial charge in [0.25, 0.3) is 0 Å². The Morgan fingerprint density at radius 1 is 1.04 bits per heavy atom. The molecule has 1 aliphatic rings.